The third-order valence-corrected chi connectivity index (χ3v) is 2.94. The second kappa shape index (κ2) is 4.82. The van der Waals surface area contributed by atoms with Crippen LogP contribution in [0.4, 0.5) is 15.9 Å². The lowest BCUT2D eigenvalue weighted by Gasteiger charge is -2.08. The molecule has 1 heterocycles. The van der Waals surface area contributed by atoms with Gasteiger partial charge in [0.2, 0.25) is 0 Å². The highest BCUT2D eigenvalue weighted by Crippen LogP contribution is 2.25. The Labute approximate surface area is 114 Å². The molecule has 19 heavy (non-hydrogen) atoms. The van der Waals surface area contributed by atoms with Gasteiger partial charge >= 0.3 is 0 Å². The fourth-order valence-electron chi connectivity index (χ4n) is 1.80. The van der Waals surface area contributed by atoms with E-state index in [1.807, 2.05) is 6.07 Å². The maximum Gasteiger partial charge on any atom is 0.141 e. The standard InChI is InChI=1S/C14H9ClFN3/c15-9-1-6-13-12(7-9)14(18-8-17-13)19-11-4-2-10(16)3-5-11/h1-8H,(H,17,18,19). The number of hydrogen-bond donors (Lipinski definition) is 1. The third kappa shape index (κ3) is 2.48. The van der Waals surface area contributed by atoms with Crippen LogP contribution in [0.3, 0.4) is 0 Å². The van der Waals surface area contributed by atoms with Gasteiger partial charge in [0.15, 0.2) is 0 Å². The number of rotatable bonds is 2. The van der Waals surface area contributed by atoms with Crippen molar-refractivity contribution in [3.05, 3.63) is 59.6 Å². The van der Waals surface area contributed by atoms with Crippen molar-refractivity contribution in [1.29, 1.82) is 0 Å². The van der Waals surface area contributed by atoms with Crippen LogP contribution in [0.2, 0.25) is 5.02 Å². The molecule has 94 valence electrons. The molecule has 2 aromatic carbocycles. The summed E-state index contributed by atoms with van der Waals surface area (Å²) in [6, 6.07) is 11.5. The molecule has 0 fully saturated rings. The lowest BCUT2D eigenvalue weighted by Crippen LogP contribution is -1.96. The molecule has 1 N–H and O–H groups in total. The molecule has 0 aliphatic carbocycles. The van der Waals surface area contributed by atoms with Gasteiger partial charge < -0.3 is 5.32 Å². The minimum atomic E-state index is -0.277. The Bertz CT molecular complexity index is 728. The minimum absolute atomic E-state index is 0.277. The molecule has 5 heteroatoms. The second-order valence-corrected chi connectivity index (χ2v) is 4.45. The number of hydrogen-bond acceptors (Lipinski definition) is 3. The van der Waals surface area contributed by atoms with Crippen LogP contribution in [0.15, 0.2) is 48.8 Å². The van der Waals surface area contributed by atoms with Gasteiger partial charge in [0.05, 0.1) is 5.52 Å². The maximum atomic E-state index is 12.9. The van der Waals surface area contributed by atoms with Crippen molar-refractivity contribution in [2.75, 3.05) is 5.32 Å². The Balaban J connectivity index is 2.05. The molecule has 0 radical (unpaired) electrons. The lowest BCUT2D eigenvalue weighted by molar-refractivity contribution is 0.628. The Hall–Kier alpha value is -2.20. The van der Waals surface area contributed by atoms with Crippen molar-refractivity contribution < 1.29 is 4.39 Å². The van der Waals surface area contributed by atoms with Crippen LogP contribution in [0.25, 0.3) is 10.9 Å². The SMILES string of the molecule is Fc1ccc(Nc2ncnc3ccc(Cl)cc23)cc1. The molecule has 0 saturated heterocycles. The molecule has 1 aromatic heterocycles. The summed E-state index contributed by atoms with van der Waals surface area (Å²) < 4.78 is 12.9. The van der Waals surface area contributed by atoms with Crippen LogP contribution in [0.5, 0.6) is 0 Å². The normalized spacial score (nSPS) is 10.6. The van der Waals surface area contributed by atoms with Gasteiger partial charge in [0.1, 0.15) is 18.0 Å². The van der Waals surface area contributed by atoms with E-state index < -0.39 is 0 Å². The highest BCUT2D eigenvalue weighted by Gasteiger charge is 2.04. The number of nitrogens with one attached hydrogen (secondary N) is 1. The van der Waals surface area contributed by atoms with Crippen molar-refractivity contribution in [2.45, 2.75) is 0 Å². The molecule has 3 rings (SSSR count). The van der Waals surface area contributed by atoms with Gasteiger partial charge in [-0.1, -0.05) is 11.6 Å². The van der Waals surface area contributed by atoms with Crippen LogP contribution in [0, 0.1) is 5.82 Å². The van der Waals surface area contributed by atoms with Gasteiger partial charge in [-0.15, -0.1) is 0 Å². The molecule has 0 amide bonds. The van der Waals surface area contributed by atoms with Crippen LogP contribution in [-0.4, -0.2) is 9.97 Å². The summed E-state index contributed by atoms with van der Waals surface area (Å²) in [5.41, 5.74) is 1.55. The van der Waals surface area contributed by atoms with E-state index in [0.29, 0.717) is 10.8 Å². The zero-order chi connectivity index (χ0) is 13.2. The largest absolute Gasteiger partial charge is 0.340 e. The summed E-state index contributed by atoms with van der Waals surface area (Å²) >= 11 is 5.98. The fourth-order valence-corrected chi connectivity index (χ4v) is 1.97. The Morgan fingerprint density at radius 3 is 2.58 bits per heavy atom. The molecule has 0 atom stereocenters. The zero-order valence-corrected chi connectivity index (χ0v) is 10.5. The first-order valence-corrected chi connectivity index (χ1v) is 6.03. The van der Waals surface area contributed by atoms with Crippen molar-refractivity contribution in [2.24, 2.45) is 0 Å². The van der Waals surface area contributed by atoms with Crippen LogP contribution in [-0.2, 0) is 0 Å². The smallest absolute Gasteiger partial charge is 0.141 e. The molecule has 0 saturated carbocycles. The number of halogens is 2. The number of aromatic nitrogens is 2. The number of anilines is 2. The summed E-state index contributed by atoms with van der Waals surface area (Å²) in [4.78, 5) is 8.36. The summed E-state index contributed by atoms with van der Waals surface area (Å²) in [5.74, 6) is 0.361. The maximum absolute atomic E-state index is 12.9. The number of fused-ring (bicyclic) bond motifs is 1. The van der Waals surface area contributed by atoms with E-state index in [1.165, 1.54) is 18.5 Å². The van der Waals surface area contributed by atoms with Crippen LogP contribution < -0.4 is 5.32 Å². The van der Waals surface area contributed by atoms with E-state index in [4.69, 9.17) is 11.6 Å². The summed E-state index contributed by atoms with van der Waals surface area (Å²) in [5, 5.41) is 4.56. The summed E-state index contributed by atoms with van der Waals surface area (Å²) in [6.07, 6.45) is 1.47. The Morgan fingerprint density at radius 1 is 1.00 bits per heavy atom. The van der Waals surface area contributed by atoms with Gasteiger partial charge in [-0.3, -0.25) is 0 Å². The average molecular weight is 274 g/mol. The van der Waals surface area contributed by atoms with Gasteiger partial charge in [0.25, 0.3) is 0 Å². The van der Waals surface area contributed by atoms with E-state index in [9.17, 15) is 4.39 Å². The highest BCUT2D eigenvalue weighted by atomic mass is 35.5. The quantitative estimate of drug-likeness (QED) is 0.762. The monoisotopic (exact) mass is 273 g/mol. The Morgan fingerprint density at radius 2 is 1.79 bits per heavy atom. The predicted octanol–water partition coefficient (Wildman–Crippen LogP) is 4.17. The lowest BCUT2D eigenvalue weighted by atomic mass is 10.2. The van der Waals surface area contributed by atoms with Crippen molar-refractivity contribution >= 4 is 34.0 Å². The number of nitrogens with zero attached hydrogens (tertiary/aromatic N) is 2. The third-order valence-electron chi connectivity index (χ3n) is 2.70. The first-order chi connectivity index (χ1) is 9.22. The van der Waals surface area contributed by atoms with E-state index >= 15 is 0 Å². The van der Waals surface area contributed by atoms with Gasteiger partial charge in [-0.05, 0) is 42.5 Å². The van der Waals surface area contributed by atoms with Crippen molar-refractivity contribution in [1.82, 2.24) is 9.97 Å². The number of benzene rings is 2. The molecular formula is C14H9ClFN3. The average Bonchev–Trinajstić information content (AvgIpc) is 2.42. The summed E-state index contributed by atoms with van der Waals surface area (Å²) in [6.45, 7) is 0. The van der Waals surface area contributed by atoms with Crippen molar-refractivity contribution in [3.63, 3.8) is 0 Å². The molecule has 3 aromatic rings. The molecule has 0 unspecified atom stereocenters. The van der Waals surface area contributed by atoms with Gasteiger partial charge in [0, 0.05) is 16.1 Å². The Kier molecular flexibility index (Phi) is 3.01. The van der Waals surface area contributed by atoms with Crippen molar-refractivity contribution in [3.8, 4) is 0 Å². The fraction of sp³-hybridized carbons (Fsp3) is 0. The molecule has 0 bridgehead atoms. The van der Waals surface area contributed by atoms with Gasteiger partial charge in [-0.2, -0.15) is 0 Å². The van der Waals surface area contributed by atoms with E-state index in [2.05, 4.69) is 15.3 Å². The zero-order valence-electron chi connectivity index (χ0n) is 9.77. The first kappa shape index (κ1) is 11.9. The first-order valence-electron chi connectivity index (χ1n) is 5.65. The topological polar surface area (TPSA) is 37.8 Å². The molecule has 0 aliphatic heterocycles. The van der Waals surface area contributed by atoms with E-state index in [-0.39, 0.29) is 5.82 Å². The highest BCUT2D eigenvalue weighted by molar-refractivity contribution is 6.31. The predicted molar refractivity (Wildman–Crippen MR) is 74.2 cm³/mol. The molecule has 0 aliphatic rings. The van der Waals surface area contributed by atoms with Gasteiger partial charge in [-0.25, -0.2) is 14.4 Å². The molecule has 0 spiro atoms. The minimum Gasteiger partial charge on any atom is -0.340 e. The summed E-state index contributed by atoms with van der Waals surface area (Å²) in [7, 11) is 0. The molecule has 3 nitrogen and oxygen atoms in total. The molecular weight excluding hydrogens is 265 g/mol. The second-order valence-electron chi connectivity index (χ2n) is 4.02. The van der Waals surface area contributed by atoms with E-state index in [0.717, 1.165) is 16.6 Å². The van der Waals surface area contributed by atoms with E-state index in [1.54, 1.807) is 24.3 Å². The van der Waals surface area contributed by atoms with Crippen LogP contribution >= 0.6 is 11.6 Å². The van der Waals surface area contributed by atoms with Crippen LogP contribution in [0.1, 0.15) is 0 Å².